The van der Waals surface area contributed by atoms with E-state index >= 15 is 0 Å². The topological polar surface area (TPSA) is 26.3 Å². The Morgan fingerprint density at radius 1 is 1.05 bits per heavy atom. The zero-order valence-electron chi connectivity index (χ0n) is 10.6. The first-order valence-corrected chi connectivity index (χ1v) is 6.98. The van der Waals surface area contributed by atoms with Crippen LogP contribution in [-0.4, -0.2) is 12.4 Å². The largest absolute Gasteiger partial charge is 0.484 e. The van der Waals surface area contributed by atoms with E-state index in [9.17, 15) is 4.79 Å². The van der Waals surface area contributed by atoms with Gasteiger partial charge < -0.3 is 4.74 Å². The molecule has 0 heterocycles. The predicted octanol–water partition coefficient (Wildman–Crippen LogP) is 5.22. The molecular weight excluding hydrogens is 319 g/mol. The number of halogens is 3. The summed E-state index contributed by atoms with van der Waals surface area (Å²) >= 11 is 17.8. The lowest BCUT2D eigenvalue weighted by Gasteiger charge is -2.09. The SMILES string of the molecule is Cc1ccc(OCC(=O)c2cc(Cl)ccc2Cl)c(Cl)c1. The van der Waals surface area contributed by atoms with Gasteiger partial charge in [0, 0.05) is 10.6 Å². The molecule has 0 atom stereocenters. The van der Waals surface area contributed by atoms with Crippen molar-refractivity contribution < 1.29 is 9.53 Å². The van der Waals surface area contributed by atoms with Crippen molar-refractivity contribution in [3.63, 3.8) is 0 Å². The molecule has 0 spiro atoms. The Hall–Kier alpha value is -1.22. The number of rotatable bonds is 4. The molecule has 20 heavy (non-hydrogen) atoms. The maximum atomic E-state index is 12.1. The van der Waals surface area contributed by atoms with Crippen LogP contribution in [-0.2, 0) is 0 Å². The molecular formula is C15H11Cl3O2. The monoisotopic (exact) mass is 328 g/mol. The standard InChI is InChI=1S/C15H11Cl3O2/c1-9-2-5-15(13(18)6-9)20-8-14(19)11-7-10(16)3-4-12(11)17/h2-7H,8H2,1H3. The lowest BCUT2D eigenvalue weighted by molar-refractivity contribution is 0.0922. The molecule has 0 unspecified atom stereocenters. The summed E-state index contributed by atoms with van der Waals surface area (Å²) in [6.45, 7) is 1.77. The number of aryl methyl sites for hydroxylation is 1. The molecule has 0 amide bonds. The van der Waals surface area contributed by atoms with Gasteiger partial charge in [-0.1, -0.05) is 40.9 Å². The predicted molar refractivity (Wildman–Crippen MR) is 82.5 cm³/mol. The van der Waals surface area contributed by atoms with E-state index in [4.69, 9.17) is 39.5 Å². The Bertz CT molecular complexity index is 654. The van der Waals surface area contributed by atoms with Crippen molar-refractivity contribution in [3.8, 4) is 5.75 Å². The van der Waals surface area contributed by atoms with E-state index in [-0.39, 0.29) is 12.4 Å². The van der Waals surface area contributed by atoms with Crippen LogP contribution in [0.15, 0.2) is 36.4 Å². The number of carbonyl (C=O) groups excluding carboxylic acids is 1. The van der Waals surface area contributed by atoms with Crippen LogP contribution in [0.3, 0.4) is 0 Å². The first-order chi connectivity index (χ1) is 9.47. The minimum Gasteiger partial charge on any atom is -0.484 e. The third-order valence-electron chi connectivity index (χ3n) is 2.67. The molecule has 0 bridgehead atoms. The normalized spacial score (nSPS) is 10.4. The fraction of sp³-hybridized carbons (Fsp3) is 0.133. The van der Waals surface area contributed by atoms with Gasteiger partial charge in [-0.2, -0.15) is 0 Å². The Kier molecular flexibility index (Phi) is 4.92. The average Bonchev–Trinajstić information content (AvgIpc) is 2.40. The Morgan fingerprint density at radius 2 is 1.80 bits per heavy atom. The van der Waals surface area contributed by atoms with Crippen LogP contribution >= 0.6 is 34.8 Å². The molecule has 0 aliphatic carbocycles. The van der Waals surface area contributed by atoms with Crippen LogP contribution < -0.4 is 4.74 Å². The summed E-state index contributed by atoms with van der Waals surface area (Å²) in [5.74, 6) is 0.206. The number of hydrogen-bond acceptors (Lipinski definition) is 2. The molecule has 0 fully saturated rings. The highest BCUT2D eigenvalue weighted by molar-refractivity contribution is 6.36. The summed E-state index contributed by atoms with van der Waals surface area (Å²) in [7, 11) is 0. The van der Waals surface area contributed by atoms with Crippen molar-refractivity contribution in [1.29, 1.82) is 0 Å². The van der Waals surface area contributed by atoms with Gasteiger partial charge in [-0.25, -0.2) is 0 Å². The fourth-order valence-electron chi connectivity index (χ4n) is 1.66. The molecule has 0 radical (unpaired) electrons. The van der Waals surface area contributed by atoms with Crippen LogP contribution in [0.2, 0.25) is 15.1 Å². The second-order valence-electron chi connectivity index (χ2n) is 4.27. The highest BCUT2D eigenvalue weighted by Gasteiger charge is 2.13. The van der Waals surface area contributed by atoms with Crippen LogP contribution in [0.1, 0.15) is 15.9 Å². The quantitative estimate of drug-likeness (QED) is 0.719. The number of ketones is 1. The molecule has 0 saturated carbocycles. The summed E-state index contributed by atoms with van der Waals surface area (Å²) in [4.78, 5) is 12.1. The molecule has 0 aliphatic heterocycles. The zero-order chi connectivity index (χ0) is 14.7. The van der Waals surface area contributed by atoms with E-state index in [1.165, 1.54) is 6.07 Å². The maximum Gasteiger partial charge on any atom is 0.201 e. The van der Waals surface area contributed by atoms with Gasteiger partial charge in [0.1, 0.15) is 5.75 Å². The van der Waals surface area contributed by atoms with Gasteiger partial charge in [-0.3, -0.25) is 4.79 Å². The maximum absolute atomic E-state index is 12.1. The van der Waals surface area contributed by atoms with Crippen LogP contribution in [0.4, 0.5) is 0 Å². The molecule has 2 rings (SSSR count). The van der Waals surface area contributed by atoms with E-state index in [2.05, 4.69) is 0 Å². The van der Waals surface area contributed by atoms with E-state index < -0.39 is 0 Å². The van der Waals surface area contributed by atoms with Crippen LogP contribution in [0.5, 0.6) is 5.75 Å². The first kappa shape index (κ1) is 15.2. The van der Waals surface area contributed by atoms with E-state index in [1.54, 1.807) is 24.3 Å². The Morgan fingerprint density at radius 3 is 2.50 bits per heavy atom. The summed E-state index contributed by atoms with van der Waals surface area (Å²) in [6.07, 6.45) is 0. The molecule has 104 valence electrons. The van der Waals surface area contributed by atoms with Crippen molar-refractivity contribution in [1.82, 2.24) is 0 Å². The third kappa shape index (κ3) is 3.66. The minimum absolute atomic E-state index is 0.150. The van der Waals surface area contributed by atoms with Crippen molar-refractivity contribution in [3.05, 3.63) is 62.6 Å². The molecule has 0 aliphatic rings. The molecule has 2 aromatic rings. The Labute approximate surface area is 132 Å². The molecule has 2 aromatic carbocycles. The molecule has 0 aromatic heterocycles. The highest BCUT2D eigenvalue weighted by atomic mass is 35.5. The van der Waals surface area contributed by atoms with Gasteiger partial charge in [0.15, 0.2) is 6.61 Å². The molecule has 2 nitrogen and oxygen atoms in total. The van der Waals surface area contributed by atoms with E-state index in [0.717, 1.165) is 5.56 Å². The number of benzene rings is 2. The third-order valence-corrected chi connectivity index (χ3v) is 3.54. The summed E-state index contributed by atoms with van der Waals surface area (Å²) in [5.41, 5.74) is 1.36. The highest BCUT2D eigenvalue weighted by Crippen LogP contribution is 2.26. The smallest absolute Gasteiger partial charge is 0.201 e. The van der Waals surface area contributed by atoms with Crippen molar-refractivity contribution in [2.75, 3.05) is 6.61 Å². The summed E-state index contributed by atoms with van der Waals surface area (Å²) in [5, 5.41) is 1.26. The number of carbonyl (C=O) groups is 1. The second kappa shape index (κ2) is 6.49. The Balaban J connectivity index is 2.10. The average molecular weight is 330 g/mol. The van der Waals surface area contributed by atoms with Crippen LogP contribution in [0, 0.1) is 6.92 Å². The molecule has 0 N–H and O–H groups in total. The minimum atomic E-state index is -0.255. The van der Waals surface area contributed by atoms with Crippen molar-refractivity contribution in [2.24, 2.45) is 0 Å². The lowest BCUT2D eigenvalue weighted by Crippen LogP contribution is -2.12. The van der Waals surface area contributed by atoms with Gasteiger partial charge in [0.25, 0.3) is 0 Å². The fourth-order valence-corrected chi connectivity index (χ4v) is 2.34. The molecule has 0 saturated heterocycles. The van der Waals surface area contributed by atoms with E-state index in [1.807, 2.05) is 13.0 Å². The zero-order valence-corrected chi connectivity index (χ0v) is 12.9. The van der Waals surface area contributed by atoms with Gasteiger partial charge in [0.2, 0.25) is 5.78 Å². The second-order valence-corrected chi connectivity index (χ2v) is 5.52. The number of hydrogen-bond donors (Lipinski definition) is 0. The van der Waals surface area contributed by atoms with Gasteiger partial charge >= 0.3 is 0 Å². The van der Waals surface area contributed by atoms with Crippen molar-refractivity contribution in [2.45, 2.75) is 6.92 Å². The van der Waals surface area contributed by atoms with Crippen molar-refractivity contribution >= 4 is 40.6 Å². The number of ether oxygens (including phenoxy) is 1. The summed E-state index contributed by atoms with van der Waals surface area (Å²) in [6, 6.07) is 10.1. The first-order valence-electron chi connectivity index (χ1n) is 5.84. The lowest BCUT2D eigenvalue weighted by atomic mass is 10.1. The van der Waals surface area contributed by atoms with E-state index in [0.29, 0.717) is 26.4 Å². The summed E-state index contributed by atoms with van der Waals surface area (Å²) < 4.78 is 5.42. The van der Waals surface area contributed by atoms with Gasteiger partial charge in [0.05, 0.1) is 10.0 Å². The number of Topliss-reactive ketones (excluding diaryl/α,β-unsaturated/α-hetero) is 1. The van der Waals surface area contributed by atoms with Gasteiger partial charge in [-0.05, 0) is 42.8 Å². The molecule has 5 heteroatoms. The van der Waals surface area contributed by atoms with Gasteiger partial charge in [-0.15, -0.1) is 0 Å². The van der Waals surface area contributed by atoms with Crippen LogP contribution in [0.25, 0.3) is 0 Å².